The van der Waals surface area contributed by atoms with Crippen molar-refractivity contribution < 1.29 is 9.53 Å². The van der Waals surface area contributed by atoms with Crippen molar-refractivity contribution in [1.82, 2.24) is 9.78 Å². The molecule has 1 amide bonds. The SMILES string of the molecule is Cc1nn(C)c(NC(=O)COc2cccc(Cl)c2)c1-c1ccc(Br)cc1. The molecule has 0 radical (unpaired) electrons. The highest BCUT2D eigenvalue weighted by molar-refractivity contribution is 9.10. The minimum atomic E-state index is -0.272. The van der Waals surface area contributed by atoms with Gasteiger partial charge < -0.3 is 10.1 Å². The lowest BCUT2D eigenvalue weighted by atomic mass is 10.1. The summed E-state index contributed by atoms with van der Waals surface area (Å²) in [5.74, 6) is 0.901. The maximum atomic E-state index is 12.4. The van der Waals surface area contributed by atoms with Crippen LogP contribution in [0.5, 0.6) is 5.75 Å². The monoisotopic (exact) mass is 433 g/mol. The van der Waals surface area contributed by atoms with Crippen LogP contribution in [0.3, 0.4) is 0 Å². The fourth-order valence-electron chi connectivity index (χ4n) is 2.64. The molecule has 0 saturated carbocycles. The van der Waals surface area contributed by atoms with E-state index in [-0.39, 0.29) is 12.5 Å². The van der Waals surface area contributed by atoms with Crippen LogP contribution in [-0.4, -0.2) is 22.3 Å². The summed E-state index contributed by atoms with van der Waals surface area (Å²) in [7, 11) is 1.79. The van der Waals surface area contributed by atoms with Crippen LogP contribution in [0.15, 0.2) is 53.0 Å². The third kappa shape index (κ3) is 4.26. The number of nitrogens with one attached hydrogen (secondary N) is 1. The summed E-state index contributed by atoms with van der Waals surface area (Å²) in [6, 6.07) is 14.8. The molecule has 134 valence electrons. The van der Waals surface area contributed by atoms with Crippen molar-refractivity contribution in [1.29, 1.82) is 0 Å². The molecule has 3 rings (SSSR count). The average Bonchev–Trinajstić information content (AvgIpc) is 2.88. The third-order valence-electron chi connectivity index (χ3n) is 3.78. The van der Waals surface area contributed by atoms with Gasteiger partial charge in [-0.1, -0.05) is 45.7 Å². The summed E-state index contributed by atoms with van der Waals surface area (Å²) < 4.78 is 8.14. The zero-order valence-electron chi connectivity index (χ0n) is 14.3. The second-order valence-corrected chi connectivity index (χ2v) is 7.09. The second kappa shape index (κ2) is 7.93. The van der Waals surface area contributed by atoms with Gasteiger partial charge in [0.15, 0.2) is 6.61 Å². The Hall–Kier alpha value is -2.31. The molecule has 0 saturated heterocycles. The van der Waals surface area contributed by atoms with Crippen molar-refractivity contribution in [2.24, 2.45) is 7.05 Å². The molecule has 1 heterocycles. The standard InChI is InChI=1S/C19H17BrClN3O2/c1-12-18(13-6-8-14(20)9-7-13)19(24(2)23-12)22-17(25)11-26-16-5-3-4-15(21)10-16/h3-10H,11H2,1-2H3,(H,22,25). The summed E-state index contributed by atoms with van der Waals surface area (Å²) in [6.45, 7) is 1.79. The maximum absolute atomic E-state index is 12.4. The number of ether oxygens (including phenoxy) is 1. The number of nitrogens with zero attached hydrogens (tertiary/aromatic N) is 2. The molecular formula is C19H17BrClN3O2. The van der Waals surface area contributed by atoms with Gasteiger partial charge in [-0.15, -0.1) is 0 Å². The Bertz CT molecular complexity index is 938. The van der Waals surface area contributed by atoms with Crippen LogP contribution in [-0.2, 0) is 11.8 Å². The number of hydrogen-bond donors (Lipinski definition) is 1. The molecule has 1 aromatic heterocycles. The number of aryl methyl sites for hydroxylation is 2. The fourth-order valence-corrected chi connectivity index (χ4v) is 3.08. The fraction of sp³-hybridized carbons (Fsp3) is 0.158. The molecule has 0 aliphatic heterocycles. The van der Waals surface area contributed by atoms with E-state index in [4.69, 9.17) is 16.3 Å². The van der Waals surface area contributed by atoms with Crippen molar-refractivity contribution in [3.05, 3.63) is 63.7 Å². The Balaban J connectivity index is 1.77. The highest BCUT2D eigenvalue weighted by Gasteiger charge is 2.17. The highest BCUT2D eigenvalue weighted by atomic mass is 79.9. The quantitative estimate of drug-likeness (QED) is 0.626. The number of carbonyl (C=O) groups is 1. The minimum absolute atomic E-state index is 0.121. The summed E-state index contributed by atoms with van der Waals surface area (Å²) in [4.78, 5) is 12.4. The first-order valence-corrected chi connectivity index (χ1v) is 9.09. The molecule has 5 nitrogen and oxygen atoms in total. The van der Waals surface area contributed by atoms with Gasteiger partial charge in [0.1, 0.15) is 11.6 Å². The predicted octanol–water partition coefficient (Wildman–Crippen LogP) is 4.83. The van der Waals surface area contributed by atoms with Crippen molar-refractivity contribution in [2.75, 3.05) is 11.9 Å². The van der Waals surface area contributed by atoms with Crippen LogP contribution in [0, 0.1) is 6.92 Å². The molecule has 3 aromatic rings. The van der Waals surface area contributed by atoms with E-state index in [2.05, 4.69) is 26.3 Å². The van der Waals surface area contributed by atoms with Crippen molar-refractivity contribution in [3.63, 3.8) is 0 Å². The highest BCUT2D eigenvalue weighted by Crippen LogP contribution is 2.31. The van der Waals surface area contributed by atoms with Crippen LogP contribution in [0.2, 0.25) is 5.02 Å². The van der Waals surface area contributed by atoms with Crippen LogP contribution < -0.4 is 10.1 Å². The lowest BCUT2D eigenvalue weighted by molar-refractivity contribution is -0.118. The summed E-state index contributed by atoms with van der Waals surface area (Å²) in [6.07, 6.45) is 0. The molecule has 0 atom stereocenters. The van der Waals surface area contributed by atoms with Gasteiger partial charge in [-0.2, -0.15) is 5.10 Å². The van der Waals surface area contributed by atoms with Crippen LogP contribution >= 0.6 is 27.5 Å². The first-order valence-electron chi connectivity index (χ1n) is 7.92. The van der Waals surface area contributed by atoms with Gasteiger partial charge in [0.2, 0.25) is 0 Å². The number of aromatic nitrogens is 2. The second-order valence-electron chi connectivity index (χ2n) is 5.73. The molecular weight excluding hydrogens is 418 g/mol. The van der Waals surface area contributed by atoms with Gasteiger partial charge in [-0.25, -0.2) is 0 Å². The van der Waals surface area contributed by atoms with Gasteiger partial charge in [-0.3, -0.25) is 9.48 Å². The number of anilines is 1. The maximum Gasteiger partial charge on any atom is 0.263 e. The predicted molar refractivity (Wildman–Crippen MR) is 107 cm³/mol. The Kier molecular flexibility index (Phi) is 5.64. The van der Waals surface area contributed by atoms with Gasteiger partial charge >= 0.3 is 0 Å². The molecule has 0 bridgehead atoms. The molecule has 1 N–H and O–H groups in total. The lowest BCUT2D eigenvalue weighted by Crippen LogP contribution is -2.22. The van der Waals surface area contributed by atoms with Gasteiger partial charge in [0.25, 0.3) is 5.91 Å². The number of carbonyl (C=O) groups excluding carboxylic acids is 1. The Morgan fingerprint density at radius 1 is 1.27 bits per heavy atom. The topological polar surface area (TPSA) is 56.2 Å². The van der Waals surface area contributed by atoms with E-state index in [1.807, 2.05) is 31.2 Å². The zero-order valence-corrected chi connectivity index (χ0v) is 16.6. The summed E-state index contributed by atoms with van der Waals surface area (Å²) >= 11 is 9.35. The molecule has 0 aliphatic rings. The Morgan fingerprint density at radius 3 is 2.69 bits per heavy atom. The molecule has 2 aromatic carbocycles. The normalized spacial score (nSPS) is 10.6. The number of hydrogen-bond acceptors (Lipinski definition) is 3. The Labute approximate surface area is 165 Å². The van der Waals surface area contributed by atoms with Crippen LogP contribution in [0.4, 0.5) is 5.82 Å². The van der Waals surface area contributed by atoms with E-state index in [9.17, 15) is 4.79 Å². The van der Waals surface area contributed by atoms with Crippen molar-refractivity contribution >= 4 is 39.3 Å². The van der Waals surface area contributed by atoms with Crippen LogP contribution in [0.25, 0.3) is 11.1 Å². The zero-order chi connectivity index (χ0) is 18.7. The van der Waals surface area contributed by atoms with Gasteiger partial charge in [-0.05, 0) is 42.8 Å². The van der Waals surface area contributed by atoms with Gasteiger partial charge in [0, 0.05) is 22.1 Å². The Morgan fingerprint density at radius 2 is 2.00 bits per heavy atom. The molecule has 26 heavy (non-hydrogen) atoms. The van der Waals surface area contributed by atoms with Crippen molar-refractivity contribution in [2.45, 2.75) is 6.92 Å². The third-order valence-corrected chi connectivity index (χ3v) is 4.54. The average molecular weight is 435 g/mol. The van der Waals surface area contributed by atoms with Gasteiger partial charge in [0.05, 0.1) is 5.69 Å². The number of benzene rings is 2. The number of rotatable bonds is 5. The first-order chi connectivity index (χ1) is 12.4. The van der Waals surface area contributed by atoms with Crippen LogP contribution in [0.1, 0.15) is 5.69 Å². The van der Waals surface area contributed by atoms with E-state index >= 15 is 0 Å². The first kappa shape index (κ1) is 18.5. The van der Waals surface area contributed by atoms with E-state index in [1.165, 1.54) is 0 Å². The minimum Gasteiger partial charge on any atom is -0.484 e. The van der Waals surface area contributed by atoms with Crippen molar-refractivity contribution in [3.8, 4) is 16.9 Å². The molecule has 0 aliphatic carbocycles. The van der Waals surface area contributed by atoms with E-state index in [0.29, 0.717) is 16.6 Å². The van der Waals surface area contributed by atoms with E-state index in [0.717, 1.165) is 21.3 Å². The molecule has 7 heteroatoms. The summed E-state index contributed by atoms with van der Waals surface area (Å²) in [5, 5.41) is 7.87. The number of halogens is 2. The molecule has 0 unspecified atom stereocenters. The molecule has 0 spiro atoms. The van der Waals surface area contributed by atoms with E-state index in [1.54, 1.807) is 36.0 Å². The summed E-state index contributed by atoms with van der Waals surface area (Å²) in [5.41, 5.74) is 2.70. The van der Waals surface area contributed by atoms with E-state index < -0.39 is 0 Å². The number of amides is 1. The lowest BCUT2D eigenvalue weighted by Gasteiger charge is -2.10. The molecule has 0 fully saturated rings. The smallest absolute Gasteiger partial charge is 0.263 e. The largest absolute Gasteiger partial charge is 0.484 e.